The van der Waals surface area contributed by atoms with Gasteiger partial charge in [-0.3, -0.25) is 0 Å². The van der Waals surface area contributed by atoms with Gasteiger partial charge >= 0.3 is 0 Å². The largest absolute Gasteiger partial charge is 0.358 e. The molecule has 0 radical (unpaired) electrons. The molecule has 0 fully saturated rings. The van der Waals surface area contributed by atoms with Crippen LogP contribution in [0.25, 0.3) is 0 Å². The Labute approximate surface area is 107 Å². The molecule has 1 aliphatic rings. The first kappa shape index (κ1) is 13.0. The van der Waals surface area contributed by atoms with Crippen LogP contribution in [0, 0.1) is 5.92 Å². The number of nitrogens with two attached hydrogens (primary N) is 1. The Balaban J connectivity index is 2.47. The van der Waals surface area contributed by atoms with Gasteiger partial charge < -0.3 is 10.5 Å². The summed E-state index contributed by atoms with van der Waals surface area (Å²) in [6, 6.07) is 0.0252. The van der Waals surface area contributed by atoms with Crippen LogP contribution >= 0.6 is 11.3 Å². The summed E-state index contributed by atoms with van der Waals surface area (Å²) in [7, 11) is 0. The molecular weight excluding hydrogens is 232 g/mol. The van der Waals surface area contributed by atoms with Gasteiger partial charge in [-0.05, 0) is 33.6 Å². The van der Waals surface area contributed by atoms with Crippen molar-refractivity contribution in [3.05, 3.63) is 15.6 Å². The standard InChI is InChI=1S/C13H22N2OS/c1-7(2)8(14)11-15-9-10(17-11)13(5,6)16-12(9,3)4/h7-8H,14H2,1-6H3. The molecular formula is C13H22N2OS. The molecule has 0 saturated carbocycles. The van der Waals surface area contributed by atoms with Crippen LogP contribution in [0.4, 0.5) is 0 Å². The van der Waals surface area contributed by atoms with Crippen molar-refractivity contribution in [1.82, 2.24) is 4.98 Å². The van der Waals surface area contributed by atoms with Crippen LogP contribution in [0.1, 0.15) is 63.2 Å². The lowest BCUT2D eigenvalue weighted by Gasteiger charge is -2.25. The molecule has 4 heteroatoms. The van der Waals surface area contributed by atoms with Gasteiger partial charge in [0.05, 0.1) is 22.2 Å². The highest BCUT2D eigenvalue weighted by molar-refractivity contribution is 7.12. The first-order chi connectivity index (χ1) is 7.65. The van der Waals surface area contributed by atoms with E-state index < -0.39 is 0 Å². The smallest absolute Gasteiger partial charge is 0.110 e. The number of ether oxygens (including phenoxy) is 1. The van der Waals surface area contributed by atoms with Gasteiger partial charge in [0.1, 0.15) is 10.6 Å². The number of hydrogen-bond donors (Lipinski definition) is 1. The number of aromatic nitrogens is 1. The fourth-order valence-electron chi connectivity index (χ4n) is 2.31. The highest BCUT2D eigenvalue weighted by Crippen LogP contribution is 2.49. The van der Waals surface area contributed by atoms with E-state index in [0.29, 0.717) is 5.92 Å². The number of hydrogen-bond acceptors (Lipinski definition) is 4. The second-order valence-corrected chi connectivity index (χ2v) is 7.15. The van der Waals surface area contributed by atoms with E-state index in [-0.39, 0.29) is 17.2 Å². The summed E-state index contributed by atoms with van der Waals surface area (Å²) in [6.45, 7) is 12.6. The van der Waals surface area contributed by atoms with E-state index in [1.807, 2.05) is 0 Å². The monoisotopic (exact) mass is 254 g/mol. The van der Waals surface area contributed by atoms with Gasteiger partial charge in [0.2, 0.25) is 0 Å². The molecule has 0 spiro atoms. The maximum Gasteiger partial charge on any atom is 0.110 e. The first-order valence-electron chi connectivity index (χ1n) is 6.12. The van der Waals surface area contributed by atoms with Gasteiger partial charge in [-0.2, -0.15) is 0 Å². The normalized spacial score (nSPS) is 22.8. The zero-order valence-electron chi connectivity index (χ0n) is 11.5. The Morgan fingerprint density at radius 1 is 1.18 bits per heavy atom. The maximum absolute atomic E-state index is 6.18. The van der Waals surface area contributed by atoms with Crippen molar-refractivity contribution in [3.8, 4) is 0 Å². The van der Waals surface area contributed by atoms with Gasteiger partial charge in [-0.15, -0.1) is 11.3 Å². The summed E-state index contributed by atoms with van der Waals surface area (Å²) in [5, 5.41) is 1.04. The molecule has 96 valence electrons. The number of rotatable bonds is 2. The second-order valence-electron chi connectivity index (χ2n) is 6.12. The lowest BCUT2D eigenvalue weighted by Crippen LogP contribution is -2.24. The Kier molecular flexibility index (Phi) is 2.88. The molecule has 3 nitrogen and oxygen atoms in total. The van der Waals surface area contributed by atoms with Crippen LogP contribution in [0.2, 0.25) is 0 Å². The van der Waals surface area contributed by atoms with Crippen LogP contribution < -0.4 is 5.73 Å². The Hall–Kier alpha value is -0.450. The first-order valence-corrected chi connectivity index (χ1v) is 6.94. The molecule has 2 N–H and O–H groups in total. The molecule has 0 aromatic carbocycles. The minimum atomic E-state index is -0.301. The minimum absolute atomic E-state index is 0.0252. The van der Waals surface area contributed by atoms with Gasteiger partial charge in [-0.25, -0.2) is 4.98 Å². The molecule has 0 amide bonds. The second kappa shape index (κ2) is 3.77. The van der Waals surface area contributed by atoms with Crippen molar-refractivity contribution in [3.63, 3.8) is 0 Å². The molecule has 0 saturated heterocycles. The molecule has 17 heavy (non-hydrogen) atoms. The molecule has 0 bridgehead atoms. The molecule has 1 atom stereocenters. The SMILES string of the molecule is CC(C)C(N)c1nc2c(s1)C(C)(C)OC2(C)C. The summed E-state index contributed by atoms with van der Waals surface area (Å²) in [4.78, 5) is 5.96. The average molecular weight is 254 g/mol. The third kappa shape index (κ3) is 2.02. The van der Waals surface area contributed by atoms with Crippen molar-refractivity contribution in [2.24, 2.45) is 11.7 Å². The van der Waals surface area contributed by atoms with Crippen molar-refractivity contribution >= 4 is 11.3 Å². The lowest BCUT2D eigenvalue weighted by atomic mass is 10.0. The number of thiazole rings is 1. The molecule has 0 aliphatic carbocycles. The summed E-state index contributed by atoms with van der Waals surface area (Å²) in [6.07, 6.45) is 0. The summed E-state index contributed by atoms with van der Waals surface area (Å²) in [5.74, 6) is 0.411. The van der Waals surface area contributed by atoms with Crippen molar-refractivity contribution in [2.75, 3.05) is 0 Å². The van der Waals surface area contributed by atoms with Crippen LogP contribution in [0.3, 0.4) is 0 Å². The van der Waals surface area contributed by atoms with E-state index in [0.717, 1.165) is 10.7 Å². The Morgan fingerprint density at radius 3 is 2.24 bits per heavy atom. The predicted octanol–water partition coefficient (Wildman–Crippen LogP) is 3.30. The zero-order valence-corrected chi connectivity index (χ0v) is 12.3. The van der Waals surface area contributed by atoms with E-state index in [1.165, 1.54) is 4.88 Å². The average Bonchev–Trinajstić information content (AvgIpc) is 2.65. The van der Waals surface area contributed by atoms with Crippen molar-refractivity contribution < 1.29 is 4.74 Å². The Morgan fingerprint density at radius 2 is 1.76 bits per heavy atom. The van der Waals surface area contributed by atoms with Crippen molar-refractivity contribution in [1.29, 1.82) is 0 Å². The molecule has 2 rings (SSSR count). The molecule has 1 aliphatic heterocycles. The number of nitrogens with zero attached hydrogens (tertiary/aromatic N) is 1. The molecule has 1 aromatic heterocycles. The minimum Gasteiger partial charge on any atom is -0.358 e. The Bertz CT molecular complexity index is 403. The zero-order chi connectivity index (χ0) is 13.0. The van der Waals surface area contributed by atoms with Gasteiger partial charge in [0, 0.05) is 0 Å². The molecule has 1 unspecified atom stereocenters. The molecule has 2 heterocycles. The topological polar surface area (TPSA) is 48.1 Å². The summed E-state index contributed by atoms with van der Waals surface area (Å²) < 4.78 is 6.05. The lowest BCUT2D eigenvalue weighted by molar-refractivity contribution is -0.105. The number of fused-ring (bicyclic) bond motifs is 1. The van der Waals surface area contributed by atoms with Crippen LogP contribution in [0.5, 0.6) is 0 Å². The van der Waals surface area contributed by atoms with E-state index in [1.54, 1.807) is 11.3 Å². The van der Waals surface area contributed by atoms with E-state index >= 15 is 0 Å². The highest BCUT2D eigenvalue weighted by Gasteiger charge is 2.46. The quantitative estimate of drug-likeness (QED) is 0.881. The van der Waals surface area contributed by atoms with Crippen LogP contribution in [-0.4, -0.2) is 4.98 Å². The summed E-state index contributed by atoms with van der Waals surface area (Å²) in [5.41, 5.74) is 6.71. The van der Waals surface area contributed by atoms with Crippen LogP contribution in [-0.2, 0) is 15.9 Å². The maximum atomic E-state index is 6.18. The molecule has 1 aromatic rings. The third-order valence-corrected chi connectivity index (χ3v) is 4.74. The van der Waals surface area contributed by atoms with E-state index in [9.17, 15) is 0 Å². The fraction of sp³-hybridized carbons (Fsp3) is 0.769. The third-order valence-electron chi connectivity index (χ3n) is 3.27. The van der Waals surface area contributed by atoms with Gasteiger partial charge in [0.25, 0.3) is 0 Å². The predicted molar refractivity (Wildman–Crippen MR) is 71.0 cm³/mol. The highest BCUT2D eigenvalue weighted by atomic mass is 32.1. The van der Waals surface area contributed by atoms with Crippen LogP contribution in [0.15, 0.2) is 0 Å². The summed E-state index contributed by atoms with van der Waals surface area (Å²) >= 11 is 1.71. The fourth-order valence-corrected chi connectivity index (χ4v) is 3.74. The van der Waals surface area contributed by atoms with E-state index in [2.05, 4.69) is 41.5 Å². The van der Waals surface area contributed by atoms with E-state index in [4.69, 9.17) is 15.5 Å². The van der Waals surface area contributed by atoms with Crippen molar-refractivity contribution in [2.45, 2.75) is 58.8 Å². The van der Waals surface area contributed by atoms with Gasteiger partial charge in [-0.1, -0.05) is 13.8 Å². The van der Waals surface area contributed by atoms with Gasteiger partial charge in [0.15, 0.2) is 0 Å².